The number of aliphatic imine (C=N–C) groups is 1. The van der Waals surface area contributed by atoms with Crippen LogP contribution in [0.5, 0.6) is 5.75 Å². The van der Waals surface area contributed by atoms with E-state index >= 15 is 0 Å². The van der Waals surface area contributed by atoms with Gasteiger partial charge >= 0.3 is 0 Å². The fraction of sp³-hybridized carbons (Fsp3) is 0.588. The van der Waals surface area contributed by atoms with E-state index in [-0.39, 0.29) is 24.0 Å². The molecule has 1 saturated heterocycles. The molecule has 0 radical (unpaired) electrons. The summed E-state index contributed by atoms with van der Waals surface area (Å²) in [6, 6.07) is 6.26. The number of hydrogen-bond acceptors (Lipinski definition) is 3. The standard InChI is InChI=1S/C17H27ClN4O.HI/c1-3-22-10-4-5-14(22)12-21-17(19)20-9-8-13-6-7-15(23-2)11-16(13)18;/h6-7,11,14H,3-5,8-10,12H2,1-2H3,(H3,19,20,21);1H. The maximum atomic E-state index is 6.23. The van der Waals surface area contributed by atoms with Gasteiger partial charge in [-0.3, -0.25) is 9.89 Å². The first kappa shape index (κ1) is 21.3. The van der Waals surface area contributed by atoms with E-state index < -0.39 is 0 Å². The van der Waals surface area contributed by atoms with Crippen molar-refractivity contribution in [2.45, 2.75) is 32.2 Å². The van der Waals surface area contributed by atoms with Gasteiger partial charge in [0.25, 0.3) is 0 Å². The fourth-order valence-electron chi connectivity index (χ4n) is 2.96. The van der Waals surface area contributed by atoms with Gasteiger partial charge in [-0.25, -0.2) is 0 Å². The van der Waals surface area contributed by atoms with E-state index in [0.29, 0.717) is 23.6 Å². The largest absolute Gasteiger partial charge is 0.497 e. The number of nitrogens with zero attached hydrogens (tertiary/aromatic N) is 2. The number of halogens is 2. The van der Waals surface area contributed by atoms with Crippen LogP contribution < -0.4 is 15.8 Å². The number of guanidine groups is 1. The minimum atomic E-state index is 0. The lowest BCUT2D eigenvalue weighted by molar-refractivity contribution is 0.273. The lowest BCUT2D eigenvalue weighted by Crippen LogP contribution is -2.36. The van der Waals surface area contributed by atoms with Crippen molar-refractivity contribution in [2.75, 3.05) is 33.3 Å². The van der Waals surface area contributed by atoms with E-state index in [1.54, 1.807) is 7.11 Å². The summed E-state index contributed by atoms with van der Waals surface area (Å²) in [7, 11) is 1.63. The Balaban J connectivity index is 0.00000288. The number of likely N-dealkylation sites (tertiary alicyclic amines) is 1. The Hall–Kier alpha value is -0.730. The van der Waals surface area contributed by atoms with E-state index in [9.17, 15) is 0 Å². The molecule has 0 saturated carbocycles. The van der Waals surface area contributed by atoms with Crippen molar-refractivity contribution in [1.29, 1.82) is 0 Å². The minimum absolute atomic E-state index is 0. The highest BCUT2D eigenvalue weighted by atomic mass is 127. The Morgan fingerprint density at radius 2 is 2.29 bits per heavy atom. The lowest BCUT2D eigenvalue weighted by Gasteiger charge is -2.21. The number of methoxy groups -OCH3 is 1. The van der Waals surface area contributed by atoms with Crippen molar-refractivity contribution < 1.29 is 4.74 Å². The summed E-state index contributed by atoms with van der Waals surface area (Å²) < 4.78 is 5.15. The average molecular weight is 467 g/mol. The second-order valence-corrected chi connectivity index (χ2v) is 6.19. The number of ether oxygens (including phenoxy) is 1. The molecule has 0 aromatic heterocycles. The molecule has 0 bridgehead atoms. The summed E-state index contributed by atoms with van der Waals surface area (Å²) in [4.78, 5) is 6.94. The molecule has 2 rings (SSSR count). The van der Waals surface area contributed by atoms with E-state index in [4.69, 9.17) is 22.1 Å². The van der Waals surface area contributed by atoms with Crippen LogP contribution in [0.25, 0.3) is 0 Å². The van der Waals surface area contributed by atoms with Gasteiger partial charge in [-0.1, -0.05) is 24.6 Å². The minimum Gasteiger partial charge on any atom is -0.497 e. The second-order valence-electron chi connectivity index (χ2n) is 5.78. The van der Waals surface area contributed by atoms with Crippen molar-refractivity contribution in [2.24, 2.45) is 10.7 Å². The second kappa shape index (κ2) is 11.0. The third-order valence-corrected chi connectivity index (χ3v) is 4.69. The first-order valence-electron chi connectivity index (χ1n) is 8.24. The number of nitrogens with two attached hydrogens (primary N) is 1. The van der Waals surface area contributed by atoms with Gasteiger partial charge in [-0.05, 0) is 50.0 Å². The molecule has 0 aliphatic carbocycles. The van der Waals surface area contributed by atoms with Gasteiger partial charge in [0.2, 0.25) is 0 Å². The summed E-state index contributed by atoms with van der Waals surface area (Å²) in [6.07, 6.45) is 3.27. The lowest BCUT2D eigenvalue weighted by atomic mass is 10.1. The molecule has 1 aliphatic heterocycles. The van der Waals surface area contributed by atoms with Gasteiger partial charge in [0.15, 0.2) is 5.96 Å². The third kappa shape index (κ3) is 6.29. The predicted molar refractivity (Wildman–Crippen MR) is 112 cm³/mol. The number of nitrogens with one attached hydrogen (secondary N) is 1. The van der Waals surface area contributed by atoms with Crippen LogP contribution in [0.3, 0.4) is 0 Å². The fourth-order valence-corrected chi connectivity index (χ4v) is 3.23. The number of hydrogen-bond donors (Lipinski definition) is 2. The van der Waals surface area contributed by atoms with Crippen molar-refractivity contribution in [3.8, 4) is 5.75 Å². The SMILES string of the molecule is CCN1CCCC1CN=C(N)NCCc1ccc(OC)cc1Cl.I. The third-order valence-electron chi connectivity index (χ3n) is 4.34. The Labute approximate surface area is 167 Å². The molecule has 1 aromatic carbocycles. The van der Waals surface area contributed by atoms with Crippen LogP contribution >= 0.6 is 35.6 Å². The molecule has 1 atom stereocenters. The summed E-state index contributed by atoms with van der Waals surface area (Å²) in [5, 5.41) is 3.88. The van der Waals surface area contributed by atoms with Crippen LogP contribution in [0.4, 0.5) is 0 Å². The Morgan fingerprint density at radius 1 is 1.50 bits per heavy atom. The van der Waals surface area contributed by atoms with Crippen molar-refractivity contribution in [3.05, 3.63) is 28.8 Å². The van der Waals surface area contributed by atoms with Crippen LogP contribution in [-0.2, 0) is 6.42 Å². The number of likely N-dealkylation sites (N-methyl/N-ethyl adjacent to an activating group) is 1. The highest BCUT2D eigenvalue weighted by Crippen LogP contribution is 2.22. The maximum Gasteiger partial charge on any atom is 0.188 e. The van der Waals surface area contributed by atoms with Crippen LogP contribution in [0.2, 0.25) is 5.02 Å². The zero-order valence-electron chi connectivity index (χ0n) is 14.4. The zero-order valence-corrected chi connectivity index (χ0v) is 17.5. The number of benzene rings is 1. The molecular weight excluding hydrogens is 439 g/mol. The molecule has 1 heterocycles. The van der Waals surface area contributed by atoms with Crippen molar-refractivity contribution in [3.63, 3.8) is 0 Å². The van der Waals surface area contributed by atoms with E-state index in [0.717, 1.165) is 30.8 Å². The average Bonchev–Trinajstić information content (AvgIpc) is 3.02. The normalized spacial score (nSPS) is 18.3. The number of rotatable bonds is 7. The molecule has 136 valence electrons. The molecule has 0 amide bonds. The van der Waals surface area contributed by atoms with Gasteiger partial charge in [-0.15, -0.1) is 24.0 Å². The van der Waals surface area contributed by atoms with Crippen LogP contribution in [-0.4, -0.2) is 50.2 Å². The van der Waals surface area contributed by atoms with Crippen molar-refractivity contribution in [1.82, 2.24) is 10.2 Å². The molecule has 7 heteroatoms. The highest BCUT2D eigenvalue weighted by molar-refractivity contribution is 14.0. The van der Waals surface area contributed by atoms with Gasteiger partial charge in [0, 0.05) is 17.6 Å². The summed E-state index contributed by atoms with van der Waals surface area (Å²) in [6.45, 7) is 5.95. The Kier molecular flexibility index (Phi) is 9.76. The molecule has 0 spiro atoms. The molecule has 1 aliphatic rings. The van der Waals surface area contributed by atoms with Crippen LogP contribution in [0, 0.1) is 0 Å². The molecule has 5 nitrogen and oxygen atoms in total. The molecular formula is C17H28ClIN4O. The Bertz CT molecular complexity index is 541. The van der Waals surface area contributed by atoms with Gasteiger partial charge in [-0.2, -0.15) is 0 Å². The van der Waals surface area contributed by atoms with Gasteiger partial charge in [0.1, 0.15) is 5.75 Å². The van der Waals surface area contributed by atoms with Gasteiger partial charge < -0.3 is 15.8 Å². The van der Waals surface area contributed by atoms with E-state index in [1.165, 1.54) is 19.4 Å². The molecule has 3 N–H and O–H groups in total. The first-order chi connectivity index (χ1) is 11.1. The molecule has 24 heavy (non-hydrogen) atoms. The summed E-state index contributed by atoms with van der Waals surface area (Å²) in [5.41, 5.74) is 7.02. The van der Waals surface area contributed by atoms with Crippen LogP contribution in [0.15, 0.2) is 23.2 Å². The monoisotopic (exact) mass is 466 g/mol. The molecule has 1 fully saturated rings. The predicted octanol–water partition coefficient (Wildman–Crippen LogP) is 2.90. The highest BCUT2D eigenvalue weighted by Gasteiger charge is 2.22. The van der Waals surface area contributed by atoms with Crippen LogP contribution in [0.1, 0.15) is 25.3 Å². The van der Waals surface area contributed by atoms with E-state index in [1.807, 2.05) is 18.2 Å². The van der Waals surface area contributed by atoms with E-state index in [2.05, 4.69) is 22.1 Å². The summed E-state index contributed by atoms with van der Waals surface area (Å²) >= 11 is 6.23. The Morgan fingerprint density at radius 3 is 2.96 bits per heavy atom. The smallest absolute Gasteiger partial charge is 0.188 e. The quantitative estimate of drug-likeness (QED) is 0.368. The van der Waals surface area contributed by atoms with Crippen molar-refractivity contribution >= 4 is 41.5 Å². The summed E-state index contributed by atoms with van der Waals surface area (Å²) in [5.74, 6) is 1.28. The van der Waals surface area contributed by atoms with Gasteiger partial charge in [0.05, 0.1) is 13.7 Å². The maximum absolute atomic E-state index is 6.23. The molecule has 1 aromatic rings. The zero-order chi connectivity index (χ0) is 16.7. The molecule has 1 unspecified atom stereocenters. The topological polar surface area (TPSA) is 62.9 Å². The first-order valence-corrected chi connectivity index (χ1v) is 8.62.